The first-order valence-electron chi connectivity index (χ1n) is 12.6. The second-order valence-electron chi connectivity index (χ2n) is 10.0. The predicted octanol–water partition coefficient (Wildman–Crippen LogP) is 8.54. The molecule has 2 nitrogen and oxygen atoms in total. The molecule has 0 aliphatic heterocycles. The van der Waals surface area contributed by atoms with Crippen LogP contribution in [0.2, 0.25) is 0 Å². The maximum absolute atomic E-state index is 13.4. The van der Waals surface area contributed by atoms with Crippen LogP contribution in [-0.2, 0) is 4.79 Å². The molecule has 0 aromatic heterocycles. The number of aliphatic carboxylic acids is 1. The highest BCUT2D eigenvalue weighted by molar-refractivity contribution is 5.66. The number of alkyl halides is 1. The number of hydrogen-bond acceptors (Lipinski definition) is 1. The number of carbonyl (C=O) groups is 1. The minimum absolute atomic E-state index is 0.290. The van der Waals surface area contributed by atoms with E-state index in [9.17, 15) is 9.18 Å². The van der Waals surface area contributed by atoms with Gasteiger partial charge in [0.1, 0.15) is 5.67 Å². The van der Waals surface area contributed by atoms with Gasteiger partial charge in [-0.05, 0) is 43.9 Å². The Kier molecular flexibility index (Phi) is 11.3. The summed E-state index contributed by atoms with van der Waals surface area (Å²) in [5.74, 6) is -0.660. The van der Waals surface area contributed by atoms with Crippen LogP contribution >= 0.6 is 0 Å². The first-order valence-corrected chi connectivity index (χ1v) is 12.6. The van der Waals surface area contributed by atoms with Gasteiger partial charge < -0.3 is 5.11 Å². The number of rotatable bonds is 20. The third-order valence-electron chi connectivity index (χ3n) is 6.99. The summed E-state index contributed by atoms with van der Waals surface area (Å²) in [7, 11) is 0. The Morgan fingerprint density at radius 3 is 1.45 bits per heavy atom. The van der Waals surface area contributed by atoms with Crippen LogP contribution in [0.4, 0.5) is 4.39 Å². The van der Waals surface area contributed by atoms with E-state index in [0.29, 0.717) is 6.42 Å². The van der Waals surface area contributed by atoms with Crippen molar-refractivity contribution in [2.24, 2.45) is 5.41 Å². The molecule has 0 atom stereocenters. The smallest absolute Gasteiger partial charge is 0.303 e. The summed E-state index contributed by atoms with van der Waals surface area (Å²) in [5, 5.41) is 8.58. The molecule has 0 aromatic carbocycles. The fourth-order valence-electron chi connectivity index (χ4n) is 5.26. The van der Waals surface area contributed by atoms with E-state index in [1.54, 1.807) is 0 Å². The van der Waals surface area contributed by atoms with Gasteiger partial charge in [0.15, 0.2) is 0 Å². The van der Waals surface area contributed by atoms with Crippen LogP contribution in [0.1, 0.15) is 135 Å². The molecule has 168 valence electrons. The molecule has 29 heavy (non-hydrogen) atoms. The fraction of sp³-hybridized carbons (Fsp3) is 0.885. The van der Waals surface area contributed by atoms with Gasteiger partial charge in [0, 0.05) is 6.42 Å². The summed E-state index contributed by atoms with van der Waals surface area (Å²) >= 11 is 0. The van der Waals surface area contributed by atoms with Gasteiger partial charge in [0.2, 0.25) is 0 Å². The number of halogens is 1. The molecular weight excluding hydrogens is 363 g/mol. The zero-order valence-corrected chi connectivity index (χ0v) is 18.7. The number of unbranched alkanes of at least 4 members (excludes halogenated alkanes) is 16. The molecule has 0 radical (unpaired) electrons. The Hall–Kier alpha value is -0.860. The maximum Gasteiger partial charge on any atom is 0.303 e. The highest BCUT2D eigenvalue weighted by atomic mass is 19.1. The summed E-state index contributed by atoms with van der Waals surface area (Å²) in [6, 6.07) is 0. The zero-order chi connectivity index (χ0) is 20.8. The van der Waals surface area contributed by atoms with Crippen LogP contribution in [0, 0.1) is 5.41 Å². The lowest BCUT2D eigenvalue weighted by atomic mass is 9.42. The van der Waals surface area contributed by atoms with Gasteiger partial charge in [-0.3, -0.25) is 4.79 Å². The Balaban J connectivity index is 1.20. The number of allylic oxidation sites excluding steroid dienone is 2. The van der Waals surface area contributed by atoms with Gasteiger partial charge in [-0.1, -0.05) is 102 Å². The van der Waals surface area contributed by atoms with Crippen LogP contribution in [-0.4, -0.2) is 16.7 Å². The van der Waals surface area contributed by atoms with E-state index in [-0.39, 0.29) is 5.41 Å². The van der Waals surface area contributed by atoms with E-state index in [4.69, 9.17) is 5.11 Å². The summed E-state index contributed by atoms with van der Waals surface area (Å²) in [4.78, 5) is 10.4. The fourth-order valence-corrected chi connectivity index (χ4v) is 5.26. The topological polar surface area (TPSA) is 37.3 Å². The van der Waals surface area contributed by atoms with Crippen LogP contribution in [0.15, 0.2) is 12.2 Å². The molecule has 1 N–H and O–H groups in total. The van der Waals surface area contributed by atoms with Crippen molar-refractivity contribution < 1.29 is 14.3 Å². The molecule has 0 aromatic rings. The molecule has 0 heterocycles. The molecule has 0 unspecified atom stereocenters. The van der Waals surface area contributed by atoms with E-state index < -0.39 is 11.6 Å². The summed E-state index contributed by atoms with van der Waals surface area (Å²) < 4.78 is 13.4. The van der Waals surface area contributed by atoms with Crippen molar-refractivity contribution in [2.45, 2.75) is 141 Å². The van der Waals surface area contributed by atoms with Crippen molar-refractivity contribution in [3.05, 3.63) is 12.2 Å². The van der Waals surface area contributed by atoms with Crippen molar-refractivity contribution in [3.63, 3.8) is 0 Å². The van der Waals surface area contributed by atoms with E-state index in [2.05, 4.69) is 12.2 Å². The first-order chi connectivity index (χ1) is 14.0. The van der Waals surface area contributed by atoms with Crippen molar-refractivity contribution in [2.75, 3.05) is 0 Å². The van der Waals surface area contributed by atoms with Crippen molar-refractivity contribution in [1.82, 2.24) is 0 Å². The quantitative estimate of drug-likeness (QED) is 0.162. The number of hydrogen-bond donors (Lipinski definition) is 1. The minimum Gasteiger partial charge on any atom is -0.481 e. The molecule has 3 fully saturated rings. The lowest BCUT2D eigenvalue weighted by Crippen LogP contribution is -2.63. The molecule has 0 saturated heterocycles. The Morgan fingerprint density at radius 2 is 1.07 bits per heavy atom. The van der Waals surface area contributed by atoms with Gasteiger partial charge in [-0.25, -0.2) is 4.39 Å². The molecule has 3 aliphatic rings. The molecule has 3 aliphatic carbocycles. The standard InChI is InChI=1S/C26H45FO2/c27-26-21-25(22-26,23-26)20-18-16-14-12-10-8-6-4-2-1-3-5-7-9-11-13-15-17-19-24(28)29/h18,20H,1-17,19,21-23H2,(H,28,29). The molecular formula is C26H45FO2. The summed E-state index contributed by atoms with van der Waals surface area (Å²) in [5.41, 5.74) is -0.464. The highest BCUT2D eigenvalue weighted by Crippen LogP contribution is 2.70. The second-order valence-corrected chi connectivity index (χ2v) is 10.0. The minimum atomic E-state index is -0.754. The summed E-state index contributed by atoms with van der Waals surface area (Å²) in [6.45, 7) is 0. The van der Waals surface area contributed by atoms with Crippen molar-refractivity contribution in [1.29, 1.82) is 0 Å². The van der Waals surface area contributed by atoms with E-state index in [1.165, 1.54) is 96.3 Å². The van der Waals surface area contributed by atoms with Crippen molar-refractivity contribution >= 4 is 5.97 Å². The number of carboxylic acid groups (broad SMARTS) is 1. The van der Waals surface area contributed by atoms with Crippen molar-refractivity contribution in [3.8, 4) is 0 Å². The molecule has 3 saturated carbocycles. The zero-order valence-electron chi connectivity index (χ0n) is 18.7. The molecule has 0 amide bonds. The van der Waals surface area contributed by atoms with E-state index >= 15 is 0 Å². The Morgan fingerprint density at radius 1 is 0.690 bits per heavy atom. The van der Waals surface area contributed by atoms with Crippen LogP contribution in [0.25, 0.3) is 0 Å². The SMILES string of the molecule is O=C(O)CCCCCCCCCCCCCCCCCCC=CC12CC(F)(C1)C2. The Labute approximate surface area is 178 Å². The van der Waals surface area contributed by atoms with Gasteiger partial charge in [0.25, 0.3) is 0 Å². The number of carboxylic acids is 1. The largest absolute Gasteiger partial charge is 0.481 e. The molecule has 3 rings (SSSR count). The van der Waals surface area contributed by atoms with E-state index in [1.807, 2.05) is 0 Å². The maximum atomic E-state index is 13.4. The monoisotopic (exact) mass is 408 g/mol. The summed E-state index contributed by atoms with van der Waals surface area (Å²) in [6.07, 6.45) is 29.4. The Bertz CT molecular complexity index is 465. The van der Waals surface area contributed by atoms with Gasteiger partial charge in [0.05, 0.1) is 0 Å². The van der Waals surface area contributed by atoms with Crippen LogP contribution < -0.4 is 0 Å². The lowest BCUT2D eigenvalue weighted by Gasteiger charge is -2.64. The van der Waals surface area contributed by atoms with Gasteiger partial charge in [-0.15, -0.1) is 0 Å². The second kappa shape index (κ2) is 13.4. The molecule has 3 heteroatoms. The van der Waals surface area contributed by atoms with Crippen LogP contribution in [0.5, 0.6) is 0 Å². The molecule has 0 spiro atoms. The first kappa shape index (κ1) is 24.4. The normalized spacial score (nSPS) is 25.1. The third kappa shape index (κ3) is 10.1. The van der Waals surface area contributed by atoms with Gasteiger partial charge in [-0.2, -0.15) is 0 Å². The lowest BCUT2D eigenvalue weighted by molar-refractivity contribution is -0.182. The highest BCUT2D eigenvalue weighted by Gasteiger charge is 2.67. The third-order valence-corrected chi connectivity index (χ3v) is 6.99. The molecule has 2 bridgehead atoms. The average molecular weight is 409 g/mol. The van der Waals surface area contributed by atoms with Gasteiger partial charge >= 0.3 is 5.97 Å². The predicted molar refractivity (Wildman–Crippen MR) is 120 cm³/mol. The average Bonchev–Trinajstić information content (AvgIpc) is 2.63. The van der Waals surface area contributed by atoms with E-state index in [0.717, 1.165) is 32.1 Å². The van der Waals surface area contributed by atoms with Crippen LogP contribution in [0.3, 0.4) is 0 Å².